The zero-order valence-electron chi connectivity index (χ0n) is 72.2. The summed E-state index contributed by atoms with van der Waals surface area (Å²) in [5.41, 5.74) is 0. The Morgan fingerprint density at radius 3 is 1.19 bits per heavy atom. The summed E-state index contributed by atoms with van der Waals surface area (Å²) < 4.78 is 58.2. The second-order valence-corrected chi connectivity index (χ2v) is 33.6. The van der Waals surface area contributed by atoms with Crippen LogP contribution in [0.2, 0.25) is 0 Å². The summed E-state index contributed by atoms with van der Waals surface area (Å²) >= 11 is 0. The van der Waals surface area contributed by atoms with Crippen LogP contribution in [0.1, 0.15) is 247 Å². The molecule has 0 saturated carbocycles. The number of unbranched alkanes of at least 4 members (excludes halogenated alkanes) is 27. The van der Waals surface area contributed by atoms with Crippen molar-refractivity contribution < 1.29 is 183 Å². The van der Waals surface area contributed by atoms with Gasteiger partial charge in [0.2, 0.25) is 23.6 Å². The Labute approximate surface area is 723 Å². The maximum absolute atomic E-state index is 13.8. The van der Waals surface area contributed by atoms with Crippen LogP contribution in [0.4, 0.5) is 0 Å². The number of carbonyl (C=O) groups is 7. The Kier molecular flexibility index (Phi) is 49.3. The summed E-state index contributed by atoms with van der Waals surface area (Å²) in [4.78, 5) is 92.2. The first-order chi connectivity index (χ1) is 59.0. The predicted octanol–water partition coefficient (Wildman–Crippen LogP) is -1.71. The second-order valence-electron chi connectivity index (χ2n) is 33.6. The zero-order valence-corrected chi connectivity index (χ0v) is 72.2. The number of aliphatic hydroxyl groups is 17. The van der Waals surface area contributed by atoms with Crippen molar-refractivity contribution in [3.63, 3.8) is 0 Å². The smallest absolute Gasteiger partial charge is 0.364 e. The highest BCUT2D eigenvalue weighted by atomic mass is 16.8. The highest BCUT2D eigenvalue weighted by molar-refractivity contribution is 5.79. The van der Waals surface area contributed by atoms with Crippen LogP contribution in [0.3, 0.4) is 0 Å². The molecule has 0 bridgehead atoms. The van der Waals surface area contributed by atoms with Crippen LogP contribution in [0.5, 0.6) is 0 Å². The molecule has 5 saturated heterocycles. The number of aliphatic carboxylic acids is 3. The molecule has 24 N–H and O–H groups in total. The standard InChI is InChI=1S/C83H146N4O37/c1-6-8-10-12-14-16-18-20-21-22-23-25-27-29-31-33-35-37-60(101)87-50(51(96)36-34-32-30-28-26-24-19-17-15-13-11-9-7-2)46-115-76-69(107)68(106)71(59(45-92)117-76)118-77-70(108)75(65(103)56(42-89)116-77)124-83(80(113)114)40-54(99)63(86-49(5)95)74(123-83)67(105)58(44-91)120-82(79(111)112)39-53(98)62(85-48(4)94)73(122-82)66(104)57(43-90)119-81(78(109)110)38-52(97)61(84-47(3)93)72(121-81)64(102)55(100)41-88/h34,36,50-59,61-77,88-92,96-100,102-108H,6-33,35,37-46H2,1-5H3,(H,84,93)(H,85,94)(H,86,95)(H,87,101)(H,109,110)(H,111,112)(H,113,114)/b36-34+/t50-,51+,52?,53?,54?,55+,56?,57+,58+,59?,61+,62+,63+,64+,65-,66+,67+,68+,69?,70?,71+,72?,73?,74?,75-,76+,77-,81+,82+,83-/m0/s1. The van der Waals surface area contributed by atoms with Gasteiger partial charge >= 0.3 is 17.9 Å². The molecule has 5 fully saturated rings. The number of ether oxygens (including phenoxy) is 10. The molecule has 0 aliphatic carbocycles. The number of amides is 4. The molecule has 0 spiro atoms. The van der Waals surface area contributed by atoms with E-state index in [1.54, 1.807) is 6.08 Å². The molecule has 124 heavy (non-hydrogen) atoms. The average molecular weight is 1790 g/mol. The molecule has 5 aliphatic heterocycles. The summed E-state index contributed by atoms with van der Waals surface area (Å²) in [6.07, 6.45) is -19.8. The fourth-order valence-electron chi connectivity index (χ4n) is 16.5. The van der Waals surface area contributed by atoms with Gasteiger partial charge in [-0.3, -0.25) is 19.2 Å². The van der Waals surface area contributed by atoms with Crippen LogP contribution >= 0.6 is 0 Å². The Balaban J connectivity index is 1.34. The Morgan fingerprint density at radius 1 is 0.435 bits per heavy atom. The van der Waals surface area contributed by atoms with E-state index in [0.29, 0.717) is 12.8 Å². The van der Waals surface area contributed by atoms with E-state index in [-0.39, 0.29) is 6.42 Å². The van der Waals surface area contributed by atoms with Crippen LogP contribution in [0.15, 0.2) is 12.2 Å². The van der Waals surface area contributed by atoms with Crippen LogP contribution in [0, 0.1) is 0 Å². The van der Waals surface area contributed by atoms with Gasteiger partial charge in [0, 0.05) is 46.5 Å². The number of carboxylic acid groups (broad SMARTS) is 3. The van der Waals surface area contributed by atoms with Crippen molar-refractivity contribution in [2.24, 2.45) is 0 Å². The van der Waals surface area contributed by atoms with Gasteiger partial charge in [-0.15, -0.1) is 0 Å². The van der Waals surface area contributed by atoms with Crippen molar-refractivity contribution in [2.45, 2.75) is 429 Å². The third-order valence-electron chi connectivity index (χ3n) is 23.5. The first-order valence-electron chi connectivity index (χ1n) is 44.3. The molecule has 720 valence electrons. The van der Waals surface area contributed by atoms with E-state index in [1.165, 1.54) is 115 Å². The molecule has 5 heterocycles. The minimum Gasteiger partial charge on any atom is -0.477 e. The lowest BCUT2D eigenvalue weighted by Crippen LogP contribution is -2.72. The minimum atomic E-state index is -3.57. The average Bonchev–Trinajstić information content (AvgIpc) is 0.751. The van der Waals surface area contributed by atoms with Crippen LogP contribution in [-0.4, -0.2) is 366 Å². The Morgan fingerprint density at radius 2 is 0.806 bits per heavy atom. The molecule has 41 nitrogen and oxygen atoms in total. The van der Waals surface area contributed by atoms with E-state index in [1.807, 2.05) is 0 Å². The highest BCUT2D eigenvalue weighted by Crippen LogP contribution is 2.43. The van der Waals surface area contributed by atoms with Crippen molar-refractivity contribution in [3.8, 4) is 0 Å². The molecular weight excluding hydrogens is 1640 g/mol. The maximum atomic E-state index is 13.8. The number of aliphatic hydroxyl groups excluding tert-OH is 17. The fourth-order valence-corrected chi connectivity index (χ4v) is 16.5. The molecule has 0 aromatic heterocycles. The molecule has 0 radical (unpaired) electrons. The SMILES string of the molecule is CCCCCCCCCCCCC/C=C/[C@@H](O)[C@H](CO[C@@H]1OC(CO)[C@@H](O[C@@H]2OC(CO)[C@H](O)[C@H](O[C@]3(C(=O)O)CC(O)[C@@H](NC(C)=O)C([C@H](O)[C@@H](CO)O[C@]4(C(=O)O)CC(O)[C@@H](NC(C)=O)C([C@H](O)[C@@H](CO)O[C@]5(C(=O)O)CC(O)[C@@H](NC(C)=O)C([C@H](O)[C@H](O)CO)O5)O4)O3)C2O)[C@H](O)C1O)NC(=O)CCCCCCCCCCCCCCCCCCC. The Hall–Kier alpha value is -5.05. The molecule has 0 aromatic rings. The van der Waals surface area contributed by atoms with E-state index in [0.717, 1.165) is 85.0 Å². The van der Waals surface area contributed by atoms with E-state index in [9.17, 15) is 136 Å². The van der Waals surface area contributed by atoms with Crippen molar-refractivity contribution in [2.75, 3.05) is 39.6 Å². The van der Waals surface area contributed by atoms with Crippen molar-refractivity contribution in [3.05, 3.63) is 12.2 Å². The first kappa shape index (κ1) is 109. The van der Waals surface area contributed by atoms with E-state index >= 15 is 0 Å². The van der Waals surface area contributed by atoms with Gasteiger partial charge in [-0.2, -0.15) is 0 Å². The van der Waals surface area contributed by atoms with Crippen molar-refractivity contribution in [1.29, 1.82) is 0 Å². The Bertz CT molecular complexity index is 3140. The summed E-state index contributed by atoms with van der Waals surface area (Å²) in [5, 5.41) is 235. The monoisotopic (exact) mass is 1790 g/mol. The zero-order chi connectivity index (χ0) is 92.0. The van der Waals surface area contributed by atoms with Gasteiger partial charge in [0.25, 0.3) is 17.4 Å². The summed E-state index contributed by atoms with van der Waals surface area (Å²) in [5.74, 6) is -20.6. The first-order valence-corrected chi connectivity index (χ1v) is 44.3. The van der Waals surface area contributed by atoms with Crippen LogP contribution < -0.4 is 21.3 Å². The molecule has 41 heteroatoms. The van der Waals surface area contributed by atoms with Gasteiger partial charge in [0.15, 0.2) is 12.6 Å². The lowest BCUT2D eigenvalue weighted by atomic mass is 9.86. The van der Waals surface area contributed by atoms with Gasteiger partial charge in [-0.1, -0.05) is 193 Å². The number of rotatable bonds is 61. The molecule has 0 aromatic carbocycles. The summed E-state index contributed by atoms with van der Waals surface area (Å²) in [6.45, 7) is -0.0686. The largest absolute Gasteiger partial charge is 0.477 e. The minimum absolute atomic E-state index is 0.123. The third-order valence-corrected chi connectivity index (χ3v) is 23.5. The maximum Gasteiger partial charge on any atom is 0.364 e. The fraction of sp³-hybridized carbons (Fsp3) is 0.892. The number of hydrogen-bond acceptors (Lipinski definition) is 34. The predicted molar refractivity (Wildman–Crippen MR) is 434 cm³/mol. The van der Waals surface area contributed by atoms with Crippen molar-refractivity contribution in [1.82, 2.24) is 21.3 Å². The van der Waals surface area contributed by atoms with E-state index in [2.05, 4.69) is 35.1 Å². The number of allylic oxidation sites excluding steroid dienone is 1. The number of carbonyl (C=O) groups excluding carboxylic acids is 4. The van der Waals surface area contributed by atoms with E-state index < -0.39 is 283 Å². The molecule has 5 aliphatic rings. The van der Waals surface area contributed by atoms with Gasteiger partial charge < -0.3 is 171 Å². The number of hydrogen-bond donors (Lipinski definition) is 24. The lowest BCUT2D eigenvalue weighted by molar-refractivity contribution is -0.388. The third kappa shape index (κ3) is 32.8. The molecule has 4 amide bonds. The highest BCUT2D eigenvalue weighted by Gasteiger charge is 2.64. The molecular formula is C83H146N4O37. The molecule has 10 unspecified atom stereocenters. The summed E-state index contributed by atoms with van der Waals surface area (Å²) in [7, 11) is 0. The van der Waals surface area contributed by atoms with E-state index in [4.69, 9.17) is 47.4 Å². The number of carboxylic acids is 3. The topological polar surface area (TPSA) is 665 Å². The molecule has 5 rings (SSSR count). The van der Waals surface area contributed by atoms with Crippen LogP contribution in [0.25, 0.3) is 0 Å². The number of nitrogens with one attached hydrogen (secondary N) is 4. The second kappa shape index (κ2) is 55.9. The quantitative estimate of drug-likeness (QED) is 0.0238. The van der Waals surface area contributed by atoms with Gasteiger partial charge in [0.05, 0.1) is 88.2 Å². The lowest BCUT2D eigenvalue weighted by Gasteiger charge is -2.51. The van der Waals surface area contributed by atoms with Gasteiger partial charge in [-0.05, 0) is 19.3 Å². The van der Waals surface area contributed by atoms with Crippen molar-refractivity contribution >= 4 is 41.5 Å². The van der Waals surface area contributed by atoms with Gasteiger partial charge in [-0.25, -0.2) is 14.4 Å². The summed E-state index contributed by atoms with van der Waals surface area (Å²) in [6, 6.07) is -7.03. The normalized spacial score (nSPS) is 32.4. The molecule has 30 atom stereocenters. The van der Waals surface area contributed by atoms with Gasteiger partial charge in [0.1, 0.15) is 104 Å². The van der Waals surface area contributed by atoms with Crippen LogP contribution in [-0.2, 0) is 80.9 Å².